The maximum atomic E-state index is 12.3. The summed E-state index contributed by atoms with van der Waals surface area (Å²) in [6.07, 6.45) is 2.16. The van der Waals surface area contributed by atoms with E-state index in [9.17, 15) is 9.59 Å². The fraction of sp³-hybridized carbons (Fsp3) is 0.471. The number of hydrogen-bond donors (Lipinski definition) is 2. The number of amides is 1. The second-order valence-electron chi connectivity index (χ2n) is 7.05. The van der Waals surface area contributed by atoms with Gasteiger partial charge in [-0.25, -0.2) is 9.89 Å². The highest BCUT2D eigenvalue weighted by atomic mass is 16.7. The van der Waals surface area contributed by atoms with Crippen LogP contribution in [0.3, 0.4) is 0 Å². The number of likely N-dealkylation sites (tertiary alicyclic amines) is 1. The Bertz CT molecular complexity index is 858. The molecule has 25 heavy (non-hydrogen) atoms. The molecule has 1 amide bonds. The summed E-state index contributed by atoms with van der Waals surface area (Å²) < 4.78 is 10.8. The van der Waals surface area contributed by atoms with Crippen LogP contribution in [0.2, 0.25) is 0 Å². The molecule has 1 unspecified atom stereocenters. The van der Waals surface area contributed by atoms with Gasteiger partial charge in [0.25, 0.3) is 0 Å². The van der Waals surface area contributed by atoms with Gasteiger partial charge in [0.05, 0.1) is 6.54 Å². The predicted molar refractivity (Wildman–Crippen MR) is 88.2 cm³/mol. The van der Waals surface area contributed by atoms with Gasteiger partial charge in [0.15, 0.2) is 17.3 Å². The number of H-pyrrole nitrogens is 2. The van der Waals surface area contributed by atoms with Crippen molar-refractivity contribution in [3.63, 3.8) is 0 Å². The van der Waals surface area contributed by atoms with E-state index < -0.39 is 0 Å². The number of aromatic nitrogens is 3. The van der Waals surface area contributed by atoms with Crippen molar-refractivity contribution in [2.75, 3.05) is 13.3 Å². The minimum atomic E-state index is -0.359. The third-order valence-electron chi connectivity index (χ3n) is 4.83. The largest absolute Gasteiger partial charge is 0.454 e. The molecular weight excluding hydrogens is 324 g/mol. The second-order valence-corrected chi connectivity index (χ2v) is 7.05. The molecule has 1 aromatic heterocycles. The van der Waals surface area contributed by atoms with Crippen molar-refractivity contribution >= 4 is 5.91 Å². The number of rotatable bonds is 4. The number of benzene rings is 1. The van der Waals surface area contributed by atoms with Crippen molar-refractivity contribution in [1.82, 2.24) is 20.1 Å². The molecule has 0 spiro atoms. The lowest BCUT2D eigenvalue weighted by atomic mass is 9.76. The van der Waals surface area contributed by atoms with Crippen molar-refractivity contribution in [2.24, 2.45) is 5.41 Å². The molecule has 1 atom stereocenters. The molecule has 8 nitrogen and oxygen atoms in total. The third-order valence-corrected chi connectivity index (χ3v) is 4.83. The van der Waals surface area contributed by atoms with Crippen LogP contribution in [0.4, 0.5) is 0 Å². The lowest BCUT2D eigenvalue weighted by Crippen LogP contribution is -2.45. The SMILES string of the molecule is CC1(Cc2ccc3c(c2)OCO3)CCC(=O)N(Cc2n[nH]c(=O)[nH]2)C1. The van der Waals surface area contributed by atoms with Crippen LogP contribution in [0.15, 0.2) is 23.0 Å². The van der Waals surface area contributed by atoms with Crippen LogP contribution in [-0.2, 0) is 17.8 Å². The average Bonchev–Trinajstić information content (AvgIpc) is 3.19. The number of hydrogen-bond acceptors (Lipinski definition) is 5. The van der Waals surface area contributed by atoms with E-state index in [2.05, 4.69) is 22.1 Å². The molecule has 1 fully saturated rings. The van der Waals surface area contributed by atoms with Crippen LogP contribution in [-0.4, -0.2) is 39.3 Å². The van der Waals surface area contributed by atoms with Gasteiger partial charge in [-0.3, -0.25) is 9.78 Å². The summed E-state index contributed by atoms with van der Waals surface area (Å²) in [6.45, 7) is 3.38. The molecule has 0 aliphatic carbocycles. The monoisotopic (exact) mass is 344 g/mol. The number of carbonyl (C=O) groups excluding carboxylic acids is 1. The fourth-order valence-electron chi connectivity index (χ4n) is 3.59. The van der Waals surface area contributed by atoms with Gasteiger partial charge in [-0.2, -0.15) is 5.10 Å². The lowest BCUT2D eigenvalue weighted by Gasteiger charge is -2.40. The van der Waals surface area contributed by atoms with E-state index in [4.69, 9.17) is 9.47 Å². The van der Waals surface area contributed by atoms with Gasteiger partial charge >= 0.3 is 5.69 Å². The maximum Gasteiger partial charge on any atom is 0.340 e. The first kappa shape index (κ1) is 15.7. The number of carbonyl (C=O) groups is 1. The number of nitrogens with one attached hydrogen (secondary N) is 2. The van der Waals surface area contributed by atoms with Gasteiger partial charge in [-0.05, 0) is 36.0 Å². The molecule has 0 bridgehead atoms. The Morgan fingerprint density at radius 3 is 2.92 bits per heavy atom. The molecular formula is C17H20N4O4. The van der Waals surface area contributed by atoms with E-state index in [1.165, 1.54) is 0 Å². The summed E-state index contributed by atoms with van der Waals surface area (Å²) in [6, 6.07) is 5.99. The number of ether oxygens (including phenoxy) is 2. The van der Waals surface area contributed by atoms with E-state index >= 15 is 0 Å². The zero-order chi connectivity index (χ0) is 17.4. The lowest BCUT2D eigenvalue weighted by molar-refractivity contribution is -0.138. The third kappa shape index (κ3) is 3.24. The van der Waals surface area contributed by atoms with Crippen LogP contribution in [0.5, 0.6) is 11.5 Å². The highest BCUT2D eigenvalue weighted by Gasteiger charge is 2.35. The van der Waals surface area contributed by atoms with Crippen LogP contribution in [0.1, 0.15) is 31.2 Å². The summed E-state index contributed by atoms with van der Waals surface area (Å²) in [5.41, 5.74) is 0.759. The smallest absolute Gasteiger partial charge is 0.340 e. The standard InChI is InChI=1S/C17H20N4O4/c1-17(7-11-2-3-12-13(6-11)25-10-24-12)5-4-15(22)21(9-17)8-14-18-16(23)20-19-14/h2-3,6H,4-5,7-10H2,1H3,(H2,18,19,20,23). The molecule has 8 heteroatoms. The zero-order valence-electron chi connectivity index (χ0n) is 14.0. The highest BCUT2D eigenvalue weighted by Crippen LogP contribution is 2.38. The van der Waals surface area contributed by atoms with E-state index in [1.54, 1.807) is 4.90 Å². The summed E-state index contributed by atoms with van der Waals surface area (Å²) in [7, 11) is 0. The Balaban J connectivity index is 1.48. The Hall–Kier alpha value is -2.77. The Morgan fingerprint density at radius 2 is 2.12 bits per heavy atom. The zero-order valence-corrected chi connectivity index (χ0v) is 14.0. The first-order chi connectivity index (χ1) is 12.0. The van der Waals surface area contributed by atoms with Crippen molar-refractivity contribution in [1.29, 1.82) is 0 Å². The van der Waals surface area contributed by atoms with E-state index in [-0.39, 0.29) is 23.8 Å². The Morgan fingerprint density at radius 1 is 1.28 bits per heavy atom. The minimum absolute atomic E-state index is 0.0434. The number of piperidine rings is 1. The first-order valence-corrected chi connectivity index (χ1v) is 8.31. The molecule has 0 saturated carbocycles. The van der Waals surface area contributed by atoms with Crippen LogP contribution in [0.25, 0.3) is 0 Å². The topological polar surface area (TPSA) is 100 Å². The average molecular weight is 344 g/mol. The maximum absolute atomic E-state index is 12.3. The summed E-state index contributed by atoms with van der Waals surface area (Å²) >= 11 is 0. The molecule has 1 aromatic carbocycles. The van der Waals surface area contributed by atoms with Gasteiger partial charge in [0, 0.05) is 13.0 Å². The van der Waals surface area contributed by atoms with E-state index in [0.29, 0.717) is 25.3 Å². The van der Waals surface area contributed by atoms with E-state index in [0.717, 1.165) is 29.9 Å². The molecule has 2 aliphatic heterocycles. The number of fused-ring (bicyclic) bond motifs is 1. The molecule has 3 heterocycles. The van der Waals surface area contributed by atoms with Crippen molar-refractivity contribution in [3.05, 3.63) is 40.1 Å². The number of aromatic amines is 2. The van der Waals surface area contributed by atoms with Gasteiger partial charge in [-0.1, -0.05) is 13.0 Å². The van der Waals surface area contributed by atoms with Crippen molar-refractivity contribution in [2.45, 2.75) is 32.7 Å². The fourth-order valence-corrected chi connectivity index (χ4v) is 3.59. The highest BCUT2D eigenvalue weighted by molar-refractivity contribution is 5.77. The van der Waals surface area contributed by atoms with Gasteiger partial charge in [0.1, 0.15) is 0 Å². The quantitative estimate of drug-likeness (QED) is 0.868. The molecule has 4 rings (SSSR count). The van der Waals surface area contributed by atoms with E-state index in [1.807, 2.05) is 18.2 Å². The minimum Gasteiger partial charge on any atom is -0.454 e. The Labute approximate surface area is 144 Å². The second kappa shape index (κ2) is 5.94. The molecule has 2 aromatic rings. The van der Waals surface area contributed by atoms with Crippen molar-refractivity contribution < 1.29 is 14.3 Å². The molecule has 1 saturated heterocycles. The van der Waals surface area contributed by atoms with Gasteiger partial charge in [-0.15, -0.1) is 0 Å². The molecule has 2 aliphatic rings. The predicted octanol–water partition coefficient (Wildman–Crippen LogP) is 1.20. The van der Waals surface area contributed by atoms with Crippen LogP contribution < -0.4 is 15.2 Å². The first-order valence-electron chi connectivity index (χ1n) is 8.31. The molecule has 0 radical (unpaired) electrons. The summed E-state index contributed by atoms with van der Waals surface area (Å²) in [5, 5.41) is 6.23. The Kier molecular flexibility index (Phi) is 3.74. The van der Waals surface area contributed by atoms with Crippen molar-refractivity contribution in [3.8, 4) is 11.5 Å². The van der Waals surface area contributed by atoms with Gasteiger partial charge in [0.2, 0.25) is 12.7 Å². The number of nitrogens with zero attached hydrogens (tertiary/aromatic N) is 2. The summed E-state index contributed by atoms with van der Waals surface area (Å²) in [5.74, 6) is 2.12. The molecule has 132 valence electrons. The summed E-state index contributed by atoms with van der Waals surface area (Å²) in [4.78, 5) is 27.8. The van der Waals surface area contributed by atoms with Gasteiger partial charge < -0.3 is 14.4 Å². The van der Waals surface area contributed by atoms with Crippen LogP contribution >= 0.6 is 0 Å². The van der Waals surface area contributed by atoms with Crippen LogP contribution in [0, 0.1) is 5.41 Å². The molecule has 2 N–H and O–H groups in total. The normalized spacial score (nSPS) is 22.4.